The van der Waals surface area contributed by atoms with E-state index in [0.29, 0.717) is 0 Å². The molecule has 10 aromatic carbocycles. The van der Waals surface area contributed by atoms with E-state index in [-0.39, 0.29) is 0 Å². The number of hydrogen-bond donors (Lipinski definition) is 0. The van der Waals surface area contributed by atoms with Crippen LogP contribution in [0.15, 0.2) is 247 Å². The molecule has 3 nitrogen and oxygen atoms in total. The van der Waals surface area contributed by atoms with E-state index in [1.165, 1.54) is 32.9 Å². The van der Waals surface area contributed by atoms with Crippen molar-refractivity contribution in [2.75, 3.05) is 4.90 Å². The predicted octanol–water partition coefficient (Wildman–Crippen LogP) is 16.8. The SMILES string of the molecule is c1ccc(-c2ccccc2N(c2ccc(-c3cccc(-c4cccc(-n5c6ccccc6c6ccccc65)c4)c3)cc2)c2ccccc2-c2ccc3c(c2)oc2ccccc23)cc1. The molecule has 0 spiro atoms. The summed E-state index contributed by atoms with van der Waals surface area (Å²) in [5, 5.41) is 4.77. The lowest BCUT2D eigenvalue weighted by molar-refractivity contribution is 0.669. The van der Waals surface area contributed by atoms with Crippen molar-refractivity contribution in [2.45, 2.75) is 0 Å². The van der Waals surface area contributed by atoms with Gasteiger partial charge in [0.15, 0.2) is 0 Å². The zero-order valence-corrected chi connectivity index (χ0v) is 34.4. The van der Waals surface area contributed by atoms with Gasteiger partial charge in [0.2, 0.25) is 0 Å². The van der Waals surface area contributed by atoms with Crippen molar-refractivity contribution in [3.05, 3.63) is 243 Å². The average molecular weight is 805 g/mol. The van der Waals surface area contributed by atoms with Crippen LogP contribution in [0.2, 0.25) is 0 Å². The Morgan fingerprint density at radius 2 is 0.810 bits per heavy atom. The van der Waals surface area contributed by atoms with Gasteiger partial charge in [-0.3, -0.25) is 0 Å². The molecule has 0 aliphatic rings. The third-order valence-electron chi connectivity index (χ3n) is 12.4. The van der Waals surface area contributed by atoms with Crippen LogP contribution in [-0.4, -0.2) is 4.57 Å². The Hall–Kier alpha value is -8.40. The van der Waals surface area contributed by atoms with E-state index in [1.54, 1.807) is 0 Å². The summed E-state index contributed by atoms with van der Waals surface area (Å²) in [6.07, 6.45) is 0. The number of benzene rings is 10. The van der Waals surface area contributed by atoms with Gasteiger partial charge in [0.25, 0.3) is 0 Å². The molecule has 296 valence electrons. The standard InChI is InChI=1S/C60H40N2O/c1-2-16-42(17-3-1)49-22-4-9-27-55(49)61(56-28-10-5-23-50(56)46-34-37-54-53-26-8-13-31-59(53)63-60(54)40-46)47-35-32-41(33-36-47)43-18-14-19-44(38-43)45-20-15-21-48(39-45)62-57-29-11-6-24-51(57)52-25-7-12-30-58(52)62/h1-40H. The molecule has 0 aliphatic carbocycles. The molecule has 0 N–H and O–H groups in total. The van der Waals surface area contributed by atoms with Crippen LogP contribution in [0.5, 0.6) is 0 Å². The van der Waals surface area contributed by atoms with Crippen molar-refractivity contribution in [1.82, 2.24) is 4.57 Å². The van der Waals surface area contributed by atoms with Gasteiger partial charge in [0.05, 0.1) is 22.4 Å². The molecule has 0 saturated carbocycles. The first-order valence-corrected chi connectivity index (χ1v) is 21.5. The van der Waals surface area contributed by atoms with Gasteiger partial charge in [-0.15, -0.1) is 0 Å². The van der Waals surface area contributed by atoms with Gasteiger partial charge in [0.1, 0.15) is 11.2 Å². The minimum Gasteiger partial charge on any atom is -0.456 e. The summed E-state index contributed by atoms with van der Waals surface area (Å²) in [7, 11) is 0. The van der Waals surface area contributed by atoms with E-state index < -0.39 is 0 Å². The van der Waals surface area contributed by atoms with Crippen molar-refractivity contribution >= 4 is 60.8 Å². The van der Waals surface area contributed by atoms with Crippen LogP contribution in [0.3, 0.4) is 0 Å². The maximum absolute atomic E-state index is 6.39. The van der Waals surface area contributed by atoms with Gasteiger partial charge < -0.3 is 13.9 Å². The molecule has 12 rings (SSSR count). The highest BCUT2D eigenvalue weighted by Crippen LogP contribution is 2.46. The Morgan fingerprint density at radius 1 is 0.302 bits per heavy atom. The molecule has 0 fully saturated rings. The second-order valence-electron chi connectivity index (χ2n) is 16.1. The van der Waals surface area contributed by atoms with E-state index >= 15 is 0 Å². The molecule has 3 heteroatoms. The molecule has 2 aromatic heterocycles. The Morgan fingerprint density at radius 3 is 1.52 bits per heavy atom. The molecule has 0 bridgehead atoms. The molecule has 0 unspecified atom stereocenters. The van der Waals surface area contributed by atoms with Crippen molar-refractivity contribution in [3.63, 3.8) is 0 Å². The number of hydrogen-bond acceptors (Lipinski definition) is 2. The summed E-state index contributed by atoms with van der Waals surface area (Å²) in [5.74, 6) is 0. The monoisotopic (exact) mass is 804 g/mol. The van der Waals surface area contributed by atoms with Crippen LogP contribution < -0.4 is 4.90 Å². The molecule has 63 heavy (non-hydrogen) atoms. The lowest BCUT2D eigenvalue weighted by Crippen LogP contribution is -2.12. The second-order valence-corrected chi connectivity index (χ2v) is 16.1. The minimum atomic E-state index is 0.879. The maximum atomic E-state index is 6.39. The van der Waals surface area contributed by atoms with Crippen LogP contribution in [0.25, 0.3) is 93.9 Å². The van der Waals surface area contributed by atoms with Gasteiger partial charge in [-0.1, -0.05) is 170 Å². The van der Waals surface area contributed by atoms with Crippen molar-refractivity contribution in [3.8, 4) is 50.2 Å². The summed E-state index contributed by atoms with van der Waals surface area (Å²) >= 11 is 0. The number of rotatable bonds is 8. The first-order valence-electron chi connectivity index (χ1n) is 21.5. The Bertz CT molecular complexity index is 3580. The van der Waals surface area contributed by atoms with Crippen LogP contribution in [-0.2, 0) is 0 Å². The number of anilines is 3. The third kappa shape index (κ3) is 6.38. The first-order chi connectivity index (χ1) is 31.2. The van der Waals surface area contributed by atoms with Crippen LogP contribution in [0.1, 0.15) is 0 Å². The summed E-state index contributed by atoms with van der Waals surface area (Å²) in [4.78, 5) is 2.40. The van der Waals surface area contributed by atoms with Gasteiger partial charge in [0, 0.05) is 44.0 Å². The quantitative estimate of drug-likeness (QED) is 0.153. The van der Waals surface area contributed by atoms with E-state index in [9.17, 15) is 0 Å². The number of nitrogens with zero attached hydrogens (tertiary/aromatic N) is 2. The van der Waals surface area contributed by atoms with Gasteiger partial charge in [-0.2, -0.15) is 0 Å². The fourth-order valence-corrected chi connectivity index (χ4v) is 9.45. The van der Waals surface area contributed by atoms with E-state index in [4.69, 9.17) is 4.42 Å². The smallest absolute Gasteiger partial charge is 0.136 e. The number of para-hydroxylation sites is 5. The zero-order chi connectivity index (χ0) is 41.7. The number of aromatic nitrogens is 1. The molecular formula is C60H40N2O. The molecular weight excluding hydrogens is 765 g/mol. The molecule has 12 aromatic rings. The highest BCUT2D eigenvalue weighted by molar-refractivity contribution is 6.09. The van der Waals surface area contributed by atoms with Gasteiger partial charge in [-0.05, 0) is 106 Å². The molecule has 0 aliphatic heterocycles. The molecule has 0 saturated heterocycles. The Labute approximate surface area is 366 Å². The van der Waals surface area contributed by atoms with E-state index in [0.717, 1.165) is 78.1 Å². The van der Waals surface area contributed by atoms with E-state index in [1.807, 2.05) is 12.1 Å². The van der Waals surface area contributed by atoms with Crippen molar-refractivity contribution in [1.29, 1.82) is 0 Å². The molecule has 0 amide bonds. The highest BCUT2D eigenvalue weighted by Gasteiger charge is 2.21. The number of fused-ring (bicyclic) bond motifs is 6. The predicted molar refractivity (Wildman–Crippen MR) is 264 cm³/mol. The summed E-state index contributed by atoms with van der Waals surface area (Å²) < 4.78 is 8.77. The Kier molecular flexibility index (Phi) is 8.83. The summed E-state index contributed by atoms with van der Waals surface area (Å²) in [5.41, 5.74) is 17.8. The normalized spacial score (nSPS) is 11.5. The molecule has 2 heterocycles. The first kappa shape index (κ1) is 36.5. The lowest BCUT2D eigenvalue weighted by atomic mass is 9.97. The highest BCUT2D eigenvalue weighted by atomic mass is 16.3. The van der Waals surface area contributed by atoms with Crippen LogP contribution >= 0.6 is 0 Å². The van der Waals surface area contributed by atoms with Crippen molar-refractivity contribution in [2.24, 2.45) is 0 Å². The fourth-order valence-electron chi connectivity index (χ4n) is 9.45. The van der Waals surface area contributed by atoms with Crippen molar-refractivity contribution < 1.29 is 4.42 Å². The van der Waals surface area contributed by atoms with E-state index in [2.05, 4.69) is 240 Å². The third-order valence-corrected chi connectivity index (χ3v) is 12.4. The fraction of sp³-hybridized carbons (Fsp3) is 0. The van der Waals surface area contributed by atoms with Crippen LogP contribution in [0, 0.1) is 0 Å². The number of furan rings is 1. The maximum Gasteiger partial charge on any atom is 0.136 e. The Balaban J connectivity index is 0.947. The summed E-state index contributed by atoms with van der Waals surface area (Å²) in [6.45, 7) is 0. The minimum absolute atomic E-state index is 0.879. The second kappa shape index (κ2) is 15.3. The topological polar surface area (TPSA) is 21.3 Å². The average Bonchev–Trinajstić information content (AvgIpc) is 3.90. The van der Waals surface area contributed by atoms with Gasteiger partial charge in [-0.25, -0.2) is 0 Å². The zero-order valence-electron chi connectivity index (χ0n) is 34.4. The lowest BCUT2D eigenvalue weighted by Gasteiger charge is -2.30. The molecule has 0 radical (unpaired) electrons. The van der Waals surface area contributed by atoms with Gasteiger partial charge >= 0.3 is 0 Å². The largest absolute Gasteiger partial charge is 0.456 e. The summed E-state index contributed by atoms with van der Waals surface area (Å²) in [6, 6.07) is 87.1. The van der Waals surface area contributed by atoms with Crippen LogP contribution in [0.4, 0.5) is 17.1 Å². The molecule has 0 atom stereocenters.